The lowest BCUT2D eigenvalue weighted by Crippen LogP contribution is -2.38. The molecule has 1 atom stereocenters. The number of phenols is 1. The molecule has 0 radical (unpaired) electrons. The van der Waals surface area contributed by atoms with Gasteiger partial charge < -0.3 is 19.9 Å². The summed E-state index contributed by atoms with van der Waals surface area (Å²) in [5.74, 6) is -0.215. The third-order valence-electron chi connectivity index (χ3n) is 3.06. The van der Waals surface area contributed by atoms with Gasteiger partial charge in [-0.3, -0.25) is 4.79 Å². The highest BCUT2D eigenvalue weighted by molar-refractivity contribution is 7.91. The van der Waals surface area contributed by atoms with E-state index in [1.165, 1.54) is 12.1 Å². The largest absolute Gasteiger partial charge is 0.507 e. The molecular weight excluding hydrogens is 298 g/mol. The van der Waals surface area contributed by atoms with E-state index in [9.17, 15) is 18.3 Å². The lowest BCUT2D eigenvalue weighted by atomic mass is 10.1. The Hall–Kier alpha value is -1.96. The van der Waals surface area contributed by atoms with Crippen LogP contribution in [-0.4, -0.2) is 43.8 Å². The third kappa shape index (κ3) is 3.57. The maximum absolute atomic E-state index is 12.1. The normalized spacial score (nSPS) is 14.8. The summed E-state index contributed by atoms with van der Waals surface area (Å²) in [4.78, 5) is 12.1. The summed E-state index contributed by atoms with van der Waals surface area (Å²) in [6.07, 6.45) is 0. The number of rotatable bonds is 5. The van der Waals surface area contributed by atoms with E-state index in [4.69, 9.17) is 9.47 Å². The van der Waals surface area contributed by atoms with Crippen LogP contribution in [0.5, 0.6) is 17.2 Å². The monoisotopic (exact) mass is 315 g/mol. The highest BCUT2D eigenvalue weighted by Crippen LogP contribution is 2.37. The molecule has 8 heteroatoms. The van der Waals surface area contributed by atoms with Gasteiger partial charge in [-0.05, 0) is 6.92 Å². The van der Waals surface area contributed by atoms with Crippen molar-refractivity contribution < 1.29 is 27.8 Å². The van der Waals surface area contributed by atoms with Crippen molar-refractivity contribution >= 4 is 15.7 Å². The number of ether oxygens (including phenoxy) is 2. The van der Waals surface area contributed by atoms with Gasteiger partial charge in [-0.15, -0.1) is 0 Å². The van der Waals surface area contributed by atoms with Crippen LogP contribution < -0.4 is 14.8 Å². The Kier molecular flexibility index (Phi) is 4.26. The molecule has 0 aliphatic carbocycles. The van der Waals surface area contributed by atoms with Crippen molar-refractivity contribution in [3.8, 4) is 17.2 Å². The Labute approximate surface area is 122 Å². The smallest absolute Gasteiger partial charge is 0.255 e. The Balaban J connectivity index is 2.11. The number of benzene rings is 1. The molecule has 1 heterocycles. The van der Waals surface area contributed by atoms with E-state index < -0.39 is 21.8 Å². The molecule has 1 aliphatic heterocycles. The van der Waals surface area contributed by atoms with Crippen LogP contribution in [0, 0.1) is 0 Å². The van der Waals surface area contributed by atoms with Gasteiger partial charge in [0.05, 0.1) is 11.3 Å². The third-order valence-corrected chi connectivity index (χ3v) is 4.94. The molecule has 0 aromatic heterocycles. The standard InChI is InChI=1S/C13H17NO6S/c1-3-21(17,18)6-8(2)14-13(16)9-4-11-12(5-10(9)15)20-7-19-11/h4-5,8,15H,3,6-7H2,1-2H3,(H,14,16). The maximum atomic E-state index is 12.1. The molecular formula is C13H17NO6S. The molecule has 0 bridgehead atoms. The number of hydrogen-bond donors (Lipinski definition) is 2. The van der Waals surface area contributed by atoms with Crippen LogP contribution in [0.2, 0.25) is 0 Å². The van der Waals surface area contributed by atoms with Crippen LogP contribution in [0.3, 0.4) is 0 Å². The van der Waals surface area contributed by atoms with Gasteiger partial charge in [0, 0.05) is 23.9 Å². The van der Waals surface area contributed by atoms with E-state index in [0.717, 1.165) is 0 Å². The number of fused-ring (bicyclic) bond motifs is 1. The molecule has 0 saturated heterocycles. The van der Waals surface area contributed by atoms with Crippen LogP contribution >= 0.6 is 0 Å². The molecule has 21 heavy (non-hydrogen) atoms. The molecule has 1 amide bonds. The zero-order chi connectivity index (χ0) is 15.6. The van der Waals surface area contributed by atoms with Crippen LogP contribution in [0.25, 0.3) is 0 Å². The van der Waals surface area contributed by atoms with Crippen molar-refractivity contribution in [2.75, 3.05) is 18.3 Å². The van der Waals surface area contributed by atoms with E-state index in [-0.39, 0.29) is 29.6 Å². The van der Waals surface area contributed by atoms with E-state index >= 15 is 0 Å². The summed E-state index contributed by atoms with van der Waals surface area (Å²) in [6, 6.07) is 2.10. The van der Waals surface area contributed by atoms with Crippen LogP contribution in [0.15, 0.2) is 12.1 Å². The molecule has 1 aliphatic rings. The first-order chi connectivity index (χ1) is 9.82. The number of hydrogen-bond acceptors (Lipinski definition) is 6. The molecule has 0 spiro atoms. The van der Waals surface area contributed by atoms with E-state index in [0.29, 0.717) is 11.5 Å². The van der Waals surface area contributed by atoms with Crippen LogP contribution in [-0.2, 0) is 9.84 Å². The summed E-state index contributed by atoms with van der Waals surface area (Å²) in [7, 11) is -3.19. The number of phenolic OH excluding ortho intramolecular Hbond substituents is 1. The Morgan fingerprint density at radius 2 is 2.00 bits per heavy atom. The van der Waals surface area contributed by atoms with Gasteiger partial charge in [0.1, 0.15) is 5.75 Å². The Morgan fingerprint density at radius 1 is 1.38 bits per heavy atom. The number of nitrogens with one attached hydrogen (secondary N) is 1. The van der Waals surface area contributed by atoms with E-state index in [2.05, 4.69) is 5.32 Å². The van der Waals surface area contributed by atoms with Gasteiger partial charge in [0.15, 0.2) is 21.3 Å². The summed E-state index contributed by atoms with van der Waals surface area (Å²) in [5, 5.41) is 12.4. The highest BCUT2D eigenvalue weighted by atomic mass is 32.2. The van der Waals surface area contributed by atoms with Gasteiger partial charge in [-0.1, -0.05) is 6.92 Å². The van der Waals surface area contributed by atoms with Crippen LogP contribution in [0.4, 0.5) is 0 Å². The SMILES string of the molecule is CCS(=O)(=O)CC(C)NC(=O)c1cc2c(cc1O)OCO2. The maximum Gasteiger partial charge on any atom is 0.255 e. The van der Waals surface area contributed by atoms with Crippen molar-refractivity contribution in [1.82, 2.24) is 5.32 Å². The number of aromatic hydroxyl groups is 1. The van der Waals surface area contributed by atoms with Gasteiger partial charge in [-0.2, -0.15) is 0 Å². The molecule has 1 unspecified atom stereocenters. The minimum atomic E-state index is -3.19. The zero-order valence-electron chi connectivity index (χ0n) is 11.8. The van der Waals surface area contributed by atoms with E-state index in [1.54, 1.807) is 13.8 Å². The fourth-order valence-corrected chi connectivity index (χ4v) is 3.04. The zero-order valence-corrected chi connectivity index (χ0v) is 12.6. The van der Waals surface area contributed by atoms with Crippen molar-refractivity contribution in [3.05, 3.63) is 17.7 Å². The Morgan fingerprint density at radius 3 is 2.62 bits per heavy atom. The topological polar surface area (TPSA) is 102 Å². The molecule has 7 nitrogen and oxygen atoms in total. The first-order valence-electron chi connectivity index (χ1n) is 6.46. The minimum Gasteiger partial charge on any atom is -0.507 e. The van der Waals surface area contributed by atoms with Crippen molar-refractivity contribution in [2.24, 2.45) is 0 Å². The number of sulfone groups is 1. The molecule has 1 aromatic rings. The van der Waals surface area contributed by atoms with Crippen LogP contribution in [0.1, 0.15) is 24.2 Å². The molecule has 116 valence electrons. The fourth-order valence-electron chi connectivity index (χ4n) is 1.96. The number of carbonyl (C=O) groups excluding carboxylic acids is 1. The molecule has 0 saturated carbocycles. The number of amides is 1. The van der Waals surface area contributed by atoms with Crippen molar-refractivity contribution in [1.29, 1.82) is 0 Å². The van der Waals surface area contributed by atoms with Gasteiger partial charge in [0.2, 0.25) is 6.79 Å². The first kappa shape index (κ1) is 15.4. The predicted molar refractivity (Wildman–Crippen MR) is 75.5 cm³/mol. The summed E-state index contributed by atoms with van der Waals surface area (Å²) < 4.78 is 33.2. The summed E-state index contributed by atoms with van der Waals surface area (Å²) in [5.41, 5.74) is 0.0139. The highest BCUT2D eigenvalue weighted by Gasteiger charge is 2.22. The second-order valence-corrected chi connectivity index (χ2v) is 7.19. The van der Waals surface area contributed by atoms with Gasteiger partial charge >= 0.3 is 0 Å². The Bertz CT molecular complexity index is 655. The van der Waals surface area contributed by atoms with E-state index in [1.807, 2.05) is 0 Å². The lowest BCUT2D eigenvalue weighted by molar-refractivity contribution is 0.0940. The molecule has 2 N–H and O–H groups in total. The molecule has 2 rings (SSSR count). The first-order valence-corrected chi connectivity index (χ1v) is 8.28. The summed E-state index contributed by atoms with van der Waals surface area (Å²) in [6.45, 7) is 3.17. The second-order valence-electron chi connectivity index (χ2n) is 4.80. The second kappa shape index (κ2) is 5.80. The average Bonchev–Trinajstić information content (AvgIpc) is 2.83. The lowest BCUT2D eigenvalue weighted by Gasteiger charge is -2.14. The van der Waals surface area contributed by atoms with Crippen molar-refractivity contribution in [2.45, 2.75) is 19.9 Å². The van der Waals surface area contributed by atoms with Crippen molar-refractivity contribution in [3.63, 3.8) is 0 Å². The molecule has 0 fully saturated rings. The number of carbonyl (C=O) groups is 1. The fraction of sp³-hybridized carbons (Fsp3) is 0.462. The molecule has 1 aromatic carbocycles. The average molecular weight is 315 g/mol. The predicted octanol–water partition coefficient (Wildman–Crippen LogP) is 0.674. The minimum absolute atomic E-state index is 0.0139. The quantitative estimate of drug-likeness (QED) is 0.828. The van der Waals surface area contributed by atoms with Gasteiger partial charge in [0.25, 0.3) is 5.91 Å². The summed E-state index contributed by atoms with van der Waals surface area (Å²) >= 11 is 0. The van der Waals surface area contributed by atoms with Gasteiger partial charge in [-0.25, -0.2) is 8.42 Å².